The maximum absolute atomic E-state index is 12.5. The molecule has 49 heavy (non-hydrogen) atoms. The Morgan fingerprint density at radius 3 is 2.45 bits per heavy atom. The van der Waals surface area contributed by atoms with E-state index in [1.165, 1.54) is 19.4 Å². The summed E-state index contributed by atoms with van der Waals surface area (Å²) in [5, 5.41) is 20.6. The molecule has 13 nitrogen and oxygen atoms in total. The second-order valence-corrected chi connectivity index (χ2v) is 11.3. The number of benzene rings is 3. The highest BCUT2D eigenvalue weighted by Crippen LogP contribution is 2.35. The lowest BCUT2D eigenvalue weighted by molar-refractivity contribution is -0.136. The third-order valence-electron chi connectivity index (χ3n) is 6.98. The molecule has 15 heteroatoms. The van der Waals surface area contributed by atoms with Crippen molar-refractivity contribution in [2.75, 3.05) is 26.9 Å². The van der Waals surface area contributed by atoms with Gasteiger partial charge in [-0.05, 0) is 68.3 Å². The van der Waals surface area contributed by atoms with E-state index >= 15 is 0 Å². The number of rotatable bonds is 15. The summed E-state index contributed by atoms with van der Waals surface area (Å²) >= 11 is 12.6. The van der Waals surface area contributed by atoms with Gasteiger partial charge in [-0.15, -0.1) is 0 Å². The van der Waals surface area contributed by atoms with Gasteiger partial charge in [0.05, 0.1) is 48.7 Å². The molecule has 1 heterocycles. The molecule has 1 aliphatic heterocycles. The summed E-state index contributed by atoms with van der Waals surface area (Å²) in [6.45, 7) is 5.64. The zero-order valence-corrected chi connectivity index (χ0v) is 28.7. The number of halogens is 2. The summed E-state index contributed by atoms with van der Waals surface area (Å²) in [6, 6.07) is 13.6. The molecule has 260 valence electrons. The predicted octanol–water partition coefficient (Wildman–Crippen LogP) is 5.27. The van der Waals surface area contributed by atoms with Gasteiger partial charge in [-0.1, -0.05) is 41.4 Å². The van der Waals surface area contributed by atoms with Crippen LogP contribution in [0.5, 0.6) is 17.2 Å². The fourth-order valence-electron chi connectivity index (χ4n) is 4.75. The van der Waals surface area contributed by atoms with E-state index in [1.807, 2.05) is 0 Å². The van der Waals surface area contributed by atoms with Crippen LogP contribution >= 0.6 is 23.2 Å². The number of ether oxygens (including phenoxy) is 5. The maximum Gasteiger partial charge on any atom is 0.338 e. The number of amides is 2. The van der Waals surface area contributed by atoms with E-state index in [2.05, 4.69) is 21.2 Å². The molecule has 0 radical (unpaired) electrons. The van der Waals surface area contributed by atoms with Crippen molar-refractivity contribution in [1.82, 2.24) is 16.1 Å². The van der Waals surface area contributed by atoms with Crippen LogP contribution in [0.25, 0.3) is 0 Å². The number of esters is 2. The van der Waals surface area contributed by atoms with Gasteiger partial charge in [-0.2, -0.15) is 5.10 Å². The SMILES string of the molecule is CCOC(=O)c1ccc(COc2c(Cl)cc(Cl)cc2/C=N/N[C@@H](O)COc2ccc([C@H]3NC(=O)NC(C)=C3C(=O)OC)cc2OCC)cc1. The average molecular weight is 716 g/mol. The van der Waals surface area contributed by atoms with E-state index < -0.39 is 30.2 Å². The molecule has 0 saturated heterocycles. The van der Waals surface area contributed by atoms with Crippen molar-refractivity contribution >= 4 is 47.4 Å². The Balaban J connectivity index is 1.40. The van der Waals surface area contributed by atoms with Gasteiger partial charge in [0, 0.05) is 16.3 Å². The first-order chi connectivity index (χ1) is 23.5. The minimum atomic E-state index is -1.25. The van der Waals surface area contributed by atoms with Crippen LogP contribution in [-0.4, -0.2) is 62.4 Å². The van der Waals surface area contributed by atoms with Crippen LogP contribution in [-0.2, 0) is 20.9 Å². The van der Waals surface area contributed by atoms with E-state index in [-0.39, 0.29) is 30.4 Å². The Bertz CT molecular complexity index is 1730. The van der Waals surface area contributed by atoms with E-state index in [0.717, 1.165) is 5.56 Å². The van der Waals surface area contributed by atoms with Crippen LogP contribution in [0.15, 0.2) is 71.0 Å². The number of carbonyl (C=O) groups is 3. The Kier molecular flexibility index (Phi) is 13.1. The topological polar surface area (TPSA) is 166 Å². The Hall–Kier alpha value is -4.98. The quantitative estimate of drug-likeness (QED) is 0.0705. The Labute approximate surface area is 293 Å². The Morgan fingerprint density at radius 1 is 1.00 bits per heavy atom. The molecule has 0 unspecified atom stereocenters. The monoisotopic (exact) mass is 714 g/mol. The lowest BCUT2D eigenvalue weighted by atomic mass is 9.95. The number of hydrogen-bond donors (Lipinski definition) is 4. The molecule has 3 aromatic rings. The van der Waals surface area contributed by atoms with E-state index in [4.69, 9.17) is 46.9 Å². The minimum absolute atomic E-state index is 0.139. The number of carbonyl (C=O) groups excluding carboxylic acids is 3. The number of aliphatic hydroxyl groups excluding tert-OH is 1. The molecule has 0 aromatic heterocycles. The summed E-state index contributed by atoms with van der Waals surface area (Å²) in [4.78, 5) is 36.6. The standard InChI is InChI=1S/C34H36Cl2N4O9/c1-5-46-27-14-22(30-29(33(43)45-4)19(3)38-34(44)39-30)11-12-26(27)48-18-28(41)40-37-16-23-13-24(35)15-25(36)31(23)49-17-20-7-9-21(10-8-20)32(42)47-6-2/h7-16,28,30,40-41H,5-6,17-18H2,1-4H3,(H2,38,39,44)/b37-16+/t28-,30+/m0/s1. The lowest BCUT2D eigenvalue weighted by Gasteiger charge is -2.28. The third kappa shape index (κ3) is 9.78. The molecule has 3 aromatic carbocycles. The predicted molar refractivity (Wildman–Crippen MR) is 182 cm³/mol. The van der Waals surface area contributed by atoms with Crippen molar-refractivity contribution in [1.29, 1.82) is 0 Å². The largest absolute Gasteiger partial charge is 0.490 e. The molecular weight excluding hydrogens is 679 g/mol. The van der Waals surface area contributed by atoms with Gasteiger partial charge in [-0.3, -0.25) is 5.43 Å². The highest BCUT2D eigenvalue weighted by Gasteiger charge is 2.32. The van der Waals surface area contributed by atoms with Gasteiger partial charge in [0.25, 0.3) is 0 Å². The van der Waals surface area contributed by atoms with Crippen molar-refractivity contribution in [3.63, 3.8) is 0 Å². The van der Waals surface area contributed by atoms with Crippen molar-refractivity contribution in [2.24, 2.45) is 5.10 Å². The summed E-state index contributed by atoms with van der Waals surface area (Å²) in [6.07, 6.45) is 0.144. The van der Waals surface area contributed by atoms with Crippen molar-refractivity contribution in [3.8, 4) is 17.2 Å². The van der Waals surface area contributed by atoms with Crippen molar-refractivity contribution in [2.45, 2.75) is 39.6 Å². The number of aliphatic hydroxyl groups is 1. The zero-order chi connectivity index (χ0) is 35.5. The number of nitrogens with zero attached hydrogens (tertiary/aromatic N) is 1. The second kappa shape index (κ2) is 17.4. The van der Waals surface area contributed by atoms with Gasteiger partial charge in [0.2, 0.25) is 0 Å². The zero-order valence-electron chi connectivity index (χ0n) is 27.2. The van der Waals surface area contributed by atoms with Crippen LogP contribution in [0.3, 0.4) is 0 Å². The summed E-state index contributed by atoms with van der Waals surface area (Å²) < 4.78 is 27.5. The van der Waals surface area contributed by atoms with Gasteiger partial charge in [0.1, 0.15) is 19.0 Å². The van der Waals surface area contributed by atoms with Gasteiger partial charge >= 0.3 is 18.0 Å². The van der Waals surface area contributed by atoms with Crippen LogP contribution < -0.4 is 30.3 Å². The summed E-state index contributed by atoms with van der Waals surface area (Å²) in [7, 11) is 1.26. The average Bonchev–Trinajstić information content (AvgIpc) is 3.07. The smallest absolute Gasteiger partial charge is 0.338 e. The molecule has 2 amide bonds. The van der Waals surface area contributed by atoms with Gasteiger partial charge < -0.3 is 39.4 Å². The molecule has 0 aliphatic carbocycles. The summed E-state index contributed by atoms with van der Waals surface area (Å²) in [5.74, 6) is -0.0542. The van der Waals surface area contributed by atoms with Crippen LogP contribution in [0.2, 0.25) is 10.0 Å². The first-order valence-electron chi connectivity index (χ1n) is 15.1. The van der Waals surface area contributed by atoms with E-state index in [9.17, 15) is 19.5 Å². The van der Waals surface area contributed by atoms with Crippen LogP contribution in [0, 0.1) is 0 Å². The van der Waals surface area contributed by atoms with Crippen LogP contribution in [0.4, 0.5) is 4.79 Å². The molecule has 4 rings (SSSR count). The van der Waals surface area contributed by atoms with E-state index in [0.29, 0.717) is 51.3 Å². The van der Waals surface area contributed by atoms with Crippen molar-refractivity contribution < 1.29 is 43.2 Å². The van der Waals surface area contributed by atoms with Crippen LogP contribution in [0.1, 0.15) is 53.9 Å². The van der Waals surface area contributed by atoms with Gasteiger partial charge in [0.15, 0.2) is 17.7 Å². The first-order valence-corrected chi connectivity index (χ1v) is 15.9. The second-order valence-electron chi connectivity index (χ2n) is 10.4. The number of urea groups is 1. The number of hydrogen-bond acceptors (Lipinski definition) is 11. The lowest BCUT2D eigenvalue weighted by Crippen LogP contribution is -2.45. The minimum Gasteiger partial charge on any atom is -0.490 e. The highest BCUT2D eigenvalue weighted by molar-refractivity contribution is 6.36. The number of methoxy groups -OCH3 is 1. The first kappa shape index (κ1) is 36.8. The summed E-state index contributed by atoms with van der Waals surface area (Å²) in [5.41, 5.74) is 5.40. The number of nitrogens with one attached hydrogen (secondary N) is 3. The molecule has 2 atom stereocenters. The highest BCUT2D eigenvalue weighted by atomic mass is 35.5. The number of allylic oxidation sites excluding steroid dienone is 1. The van der Waals surface area contributed by atoms with Gasteiger partial charge in [-0.25, -0.2) is 14.4 Å². The Morgan fingerprint density at radius 2 is 1.76 bits per heavy atom. The maximum atomic E-state index is 12.5. The van der Waals surface area contributed by atoms with E-state index in [1.54, 1.807) is 69.3 Å². The third-order valence-corrected chi connectivity index (χ3v) is 7.48. The normalized spacial score (nSPS) is 14.8. The van der Waals surface area contributed by atoms with Crippen molar-refractivity contribution in [3.05, 3.63) is 98.2 Å². The molecule has 0 spiro atoms. The molecule has 0 bridgehead atoms. The fourth-order valence-corrected chi connectivity index (χ4v) is 5.31. The molecule has 4 N–H and O–H groups in total. The molecular formula is C34H36Cl2N4O9. The molecule has 0 saturated carbocycles. The molecule has 0 fully saturated rings. The molecule has 1 aliphatic rings. The number of hydrazone groups is 1. The fraction of sp³-hybridized carbons (Fsp3) is 0.294.